The van der Waals surface area contributed by atoms with E-state index in [4.69, 9.17) is 10.5 Å². The summed E-state index contributed by atoms with van der Waals surface area (Å²) >= 11 is 0. The molecule has 0 aliphatic rings. The van der Waals surface area contributed by atoms with E-state index in [9.17, 15) is 4.79 Å². The highest BCUT2D eigenvalue weighted by Gasteiger charge is 2.00. The number of nitrogens with two attached hydrogens (primary N) is 1. The lowest BCUT2D eigenvalue weighted by Crippen LogP contribution is -2.28. The van der Waals surface area contributed by atoms with E-state index in [2.05, 4.69) is 5.32 Å². The van der Waals surface area contributed by atoms with E-state index in [0.29, 0.717) is 18.8 Å². The fourth-order valence-electron chi connectivity index (χ4n) is 1.12. The zero-order valence-corrected chi connectivity index (χ0v) is 8.82. The summed E-state index contributed by atoms with van der Waals surface area (Å²) in [7, 11) is 0. The Morgan fingerprint density at radius 1 is 1.40 bits per heavy atom. The molecular weight excluding hydrogens is 192 g/mol. The molecule has 0 aliphatic carbocycles. The van der Waals surface area contributed by atoms with E-state index in [1.54, 1.807) is 12.1 Å². The van der Waals surface area contributed by atoms with Crippen molar-refractivity contribution in [1.82, 2.24) is 5.32 Å². The zero-order valence-electron chi connectivity index (χ0n) is 8.82. The summed E-state index contributed by atoms with van der Waals surface area (Å²) in [5, 5.41) is 2.65. The number of benzene rings is 1. The first-order valence-corrected chi connectivity index (χ1v) is 4.94. The van der Waals surface area contributed by atoms with Crippen molar-refractivity contribution in [3.05, 3.63) is 29.8 Å². The number of carbonyl (C=O) groups excluding carboxylic acids is 1. The van der Waals surface area contributed by atoms with Gasteiger partial charge in [0, 0.05) is 13.1 Å². The molecule has 82 valence electrons. The Balaban J connectivity index is 2.40. The summed E-state index contributed by atoms with van der Waals surface area (Å²) in [4.78, 5) is 11.1. The van der Waals surface area contributed by atoms with Crippen molar-refractivity contribution in [2.45, 2.75) is 13.5 Å². The van der Waals surface area contributed by atoms with Crippen LogP contribution in [0.5, 0.6) is 5.75 Å². The van der Waals surface area contributed by atoms with Crippen LogP contribution in [0, 0.1) is 0 Å². The van der Waals surface area contributed by atoms with E-state index in [0.717, 1.165) is 5.56 Å². The number of hydrogen-bond donors (Lipinski definition) is 2. The predicted molar refractivity (Wildman–Crippen MR) is 58.5 cm³/mol. The second-order valence-corrected chi connectivity index (χ2v) is 3.09. The molecule has 0 heterocycles. The molecular formula is C11H16N2O2. The van der Waals surface area contributed by atoms with Gasteiger partial charge in [-0.3, -0.25) is 4.79 Å². The molecule has 0 aromatic heterocycles. The third-order valence-corrected chi connectivity index (χ3v) is 1.90. The Morgan fingerprint density at radius 2 is 2.07 bits per heavy atom. The first-order valence-electron chi connectivity index (χ1n) is 4.94. The molecule has 0 bridgehead atoms. The van der Waals surface area contributed by atoms with Gasteiger partial charge in [0.2, 0.25) is 0 Å². The van der Waals surface area contributed by atoms with Gasteiger partial charge in [-0.1, -0.05) is 12.1 Å². The highest BCUT2D eigenvalue weighted by atomic mass is 16.5. The van der Waals surface area contributed by atoms with Crippen LogP contribution >= 0.6 is 0 Å². The van der Waals surface area contributed by atoms with E-state index < -0.39 is 0 Å². The number of amides is 1. The van der Waals surface area contributed by atoms with Gasteiger partial charge in [-0.2, -0.15) is 0 Å². The van der Waals surface area contributed by atoms with Crippen LogP contribution in [0.1, 0.15) is 12.5 Å². The van der Waals surface area contributed by atoms with Gasteiger partial charge in [-0.25, -0.2) is 0 Å². The van der Waals surface area contributed by atoms with E-state index in [-0.39, 0.29) is 12.5 Å². The van der Waals surface area contributed by atoms with Gasteiger partial charge in [-0.05, 0) is 24.6 Å². The average molecular weight is 208 g/mol. The van der Waals surface area contributed by atoms with Crippen LogP contribution in [0.4, 0.5) is 0 Å². The number of likely N-dealkylation sites (N-methyl/N-ethyl adjacent to an activating group) is 1. The Hall–Kier alpha value is -1.55. The van der Waals surface area contributed by atoms with Gasteiger partial charge >= 0.3 is 0 Å². The third-order valence-electron chi connectivity index (χ3n) is 1.90. The minimum absolute atomic E-state index is 0.0514. The van der Waals surface area contributed by atoms with Gasteiger partial charge in [0.25, 0.3) is 5.91 Å². The molecule has 0 saturated carbocycles. The molecule has 0 unspecified atom stereocenters. The van der Waals surface area contributed by atoms with Crippen molar-refractivity contribution in [3.8, 4) is 5.75 Å². The zero-order chi connectivity index (χ0) is 11.1. The minimum atomic E-state index is -0.111. The second kappa shape index (κ2) is 6.03. The summed E-state index contributed by atoms with van der Waals surface area (Å²) in [5.74, 6) is 0.568. The fourth-order valence-corrected chi connectivity index (χ4v) is 1.12. The largest absolute Gasteiger partial charge is 0.484 e. The molecule has 1 rings (SSSR count). The second-order valence-electron chi connectivity index (χ2n) is 3.09. The van der Waals surface area contributed by atoms with E-state index in [1.807, 2.05) is 19.1 Å². The SMILES string of the molecule is CCNC(=O)COc1ccc(CN)cc1. The highest BCUT2D eigenvalue weighted by molar-refractivity contribution is 5.77. The standard InChI is InChI=1S/C11H16N2O2/c1-2-13-11(14)8-15-10-5-3-9(7-12)4-6-10/h3-6H,2,7-8,12H2,1H3,(H,13,14). The van der Waals surface area contributed by atoms with E-state index in [1.165, 1.54) is 0 Å². The first-order chi connectivity index (χ1) is 7.26. The van der Waals surface area contributed by atoms with Crippen molar-refractivity contribution in [1.29, 1.82) is 0 Å². The molecule has 1 aromatic carbocycles. The van der Waals surface area contributed by atoms with Crippen LogP contribution in [0.3, 0.4) is 0 Å². The van der Waals surface area contributed by atoms with Crippen LogP contribution < -0.4 is 15.8 Å². The molecule has 0 radical (unpaired) electrons. The summed E-state index contributed by atoms with van der Waals surface area (Å²) in [6.45, 7) is 3.05. The summed E-state index contributed by atoms with van der Waals surface area (Å²) in [6, 6.07) is 7.38. The lowest BCUT2D eigenvalue weighted by atomic mass is 10.2. The Labute approximate surface area is 89.4 Å². The highest BCUT2D eigenvalue weighted by Crippen LogP contribution is 2.11. The van der Waals surface area contributed by atoms with Crippen LogP contribution in [-0.4, -0.2) is 19.1 Å². The summed E-state index contributed by atoms with van der Waals surface area (Å²) < 4.78 is 5.27. The van der Waals surface area contributed by atoms with Crippen LogP contribution in [-0.2, 0) is 11.3 Å². The maximum absolute atomic E-state index is 11.1. The van der Waals surface area contributed by atoms with Crippen molar-refractivity contribution in [2.75, 3.05) is 13.2 Å². The number of nitrogens with one attached hydrogen (secondary N) is 1. The van der Waals surface area contributed by atoms with Crippen molar-refractivity contribution < 1.29 is 9.53 Å². The van der Waals surface area contributed by atoms with Crippen LogP contribution in [0.15, 0.2) is 24.3 Å². The molecule has 3 N–H and O–H groups in total. The molecule has 15 heavy (non-hydrogen) atoms. The van der Waals surface area contributed by atoms with Gasteiger partial charge < -0.3 is 15.8 Å². The minimum Gasteiger partial charge on any atom is -0.484 e. The molecule has 0 saturated heterocycles. The first kappa shape index (κ1) is 11.5. The Bertz CT molecular complexity index is 309. The van der Waals surface area contributed by atoms with Crippen molar-refractivity contribution >= 4 is 5.91 Å². The molecule has 0 fully saturated rings. The van der Waals surface area contributed by atoms with Gasteiger partial charge in [0.1, 0.15) is 5.75 Å². The predicted octanol–water partition coefficient (Wildman–Crippen LogP) is 0.660. The van der Waals surface area contributed by atoms with Crippen molar-refractivity contribution in [3.63, 3.8) is 0 Å². The Kier molecular flexibility index (Phi) is 4.63. The molecule has 0 aliphatic heterocycles. The van der Waals surface area contributed by atoms with Crippen LogP contribution in [0.2, 0.25) is 0 Å². The maximum atomic E-state index is 11.1. The summed E-state index contributed by atoms with van der Waals surface area (Å²) in [6.07, 6.45) is 0. The number of rotatable bonds is 5. The lowest BCUT2D eigenvalue weighted by molar-refractivity contribution is -0.122. The Morgan fingerprint density at radius 3 is 2.60 bits per heavy atom. The van der Waals surface area contributed by atoms with Gasteiger partial charge in [0.15, 0.2) is 6.61 Å². The average Bonchev–Trinajstić information content (AvgIpc) is 2.27. The number of hydrogen-bond acceptors (Lipinski definition) is 3. The van der Waals surface area contributed by atoms with Crippen molar-refractivity contribution in [2.24, 2.45) is 5.73 Å². The summed E-state index contributed by atoms with van der Waals surface area (Å²) in [5.41, 5.74) is 6.50. The normalized spacial score (nSPS) is 9.73. The quantitative estimate of drug-likeness (QED) is 0.747. The monoisotopic (exact) mass is 208 g/mol. The molecule has 0 atom stereocenters. The molecule has 0 spiro atoms. The van der Waals surface area contributed by atoms with Gasteiger partial charge in [0.05, 0.1) is 0 Å². The smallest absolute Gasteiger partial charge is 0.257 e. The lowest BCUT2D eigenvalue weighted by Gasteiger charge is -2.06. The number of carbonyl (C=O) groups is 1. The topological polar surface area (TPSA) is 64.3 Å². The molecule has 4 heteroatoms. The molecule has 4 nitrogen and oxygen atoms in total. The molecule has 1 amide bonds. The van der Waals surface area contributed by atoms with E-state index >= 15 is 0 Å². The number of ether oxygens (including phenoxy) is 1. The third kappa shape index (κ3) is 3.99. The fraction of sp³-hybridized carbons (Fsp3) is 0.364. The molecule has 1 aromatic rings. The van der Waals surface area contributed by atoms with Gasteiger partial charge in [-0.15, -0.1) is 0 Å². The van der Waals surface area contributed by atoms with Crippen LogP contribution in [0.25, 0.3) is 0 Å². The maximum Gasteiger partial charge on any atom is 0.257 e.